The molecule has 3 aromatic rings. The third-order valence-electron chi connectivity index (χ3n) is 3.89. The van der Waals surface area contributed by atoms with Crippen molar-refractivity contribution >= 4 is 39.2 Å². The molecule has 0 fully saturated rings. The first-order valence-electron chi connectivity index (χ1n) is 7.44. The smallest absolute Gasteiger partial charge is 0.343 e. The lowest BCUT2D eigenvalue weighted by Crippen LogP contribution is -2.25. The molecule has 2 heterocycles. The number of hydrogen-bond acceptors (Lipinski definition) is 6. The predicted molar refractivity (Wildman–Crippen MR) is 93.5 cm³/mol. The van der Waals surface area contributed by atoms with Crippen LogP contribution in [0.2, 0.25) is 0 Å². The van der Waals surface area contributed by atoms with E-state index in [0.29, 0.717) is 16.3 Å². The Balaban J connectivity index is 1.87. The van der Waals surface area contributed by atoms with Crippen LogP contribution < -0.4 is 5.73 Å². The highest BCUT2D eigenvalue weighted by Crippen LogP contribution is 2.25. The molecule has 1 atom stereocenters. The van der Waals surface area contributed by atoms with Crippen LogP contribution in [0.5, 0.6) is 0 Å². The van der Waals surface area contributed by atoms with Gasteiger partial charge in [0, 0.05) is 22.2 Å². The number of hydrogen-bond donors (Lipinski definition) is 2. The number of ketones is 1. The maximum Gasteiger partial charge on any atom is 0.343 e. The van der Waals surface area contributed by atoms with Crippen molar-refractivity contribution in [1.29, 1.82) is 0 Å². The van der Waals surface area contributed by atoms with E-state index >= 15 is 0 Å². The van der Waals surface area contributed by atoms with E-state index in [2.05, 4.69) is 9.36 Å². The van der Waals surface area contributed by atoms with Crippen molar-refractivity contribution in [2.75, 3.05) is 5.73 Å². The molecule has 0 aliphatic heterocycles. The standard InChI is InChI=1S/C17H17N3O3S/c1-8-13(11-6-4-5-7-12(11)19-8)15(21)10(3)23-17(22)14-9(2)20-24-16(14)18/h4-7,10,19H,18H2,1-3H3/t10-/m0/s1. The number of H-pyrrole nitrogens is 1. The van der Waals surface area contributed by atoms with Gasteiger partial charge in [0.1, 0.15) is 10.6 Å². The number of carbonyl (C=O) groups is 2. The first-order valence-corrected chi connectivity index (χ1v) is 8.21. The Labute approximate surface area is 142 Å². The van der Waals surface area contributed by atoms with Crippen molar-refractivity contribution in [2.45, 2.75) is 26.9 Å². The molecule has 3 N–H and O–H groups in total. The molecule has 0 amide bonds. The fraction of sp³-hybridized carbons (Fsp3) is 0.235. The number of ether oxygens (including phenoxy) is 1. The monoisotopic (exact) mass is 343 g/mol. The van der Waals surface area contributed by atoms with E-state index in [-0.39, 0.29) is 11.3 Å². The van der Waals surface area contributed by atoms with E-state index in [0.717, 1.165) is 28.1 Å². The maximum atomic E-state index is 12.8. The molecule has 0 radical (unpaired) electrons. The Kier molecular flexibility index (Phi) is 4.11. The van der Waals surface area contributed by atoms with Gasteiger partial charge in [0.15, 0.2) is 6.10 Å². The molecule has 0 unspecified atom stereocenters. The maximum absolute atomic E-state index is 12.8. The highest BCUT2D eigenvalue weighted by atomic mass is 32.1. The van der Waals surface area contributed by atoms with Gasteiger partial charge in [-0.25, -0.2) is 4.79 Å². The number of nitrogens with two attached hydrogens (primary N) is 1. The van der Waals surface area contributed by atoms with E-state index in [4.69, 9.17) is 10.5 Å². The Morgan fingerprint density at radius 3 is 2.62 bits per heavy atom. The number of carbonyl (C=O) groups excluding carboxylic acids is 2. The number of aromatic amines is 1. The molecular formula is C17H17N3O3S. The van der Waals surface area contributed by atoms with Gasteiger partial charge >= 0.3 is 5.97 Å². The minimum absolute atomic E-state index is 0.232. The SMILES string of the molecule is Cc1nsc(N)c1C(=O)O[C@@H](C)C(=O)c1c(C)[nH]c2ccccc12. The Morgan fingerprint density at radius 2 is 1.96 bits per heavy atom. The van der Waals surface area contributed by atoms with Crippen LogP contribution in [0.1, 0.15) is 39.0 Å². The van der Waals surface area contributed by atoms with Crippen molar-refractivity contribution in [3.8, 4) is 0 Å². The number of nitrogens with zero attached hydrogens (tertiary/aromatic N) is 1. The summed E-state index contributed by atoms with van der Waals surface area (Å²) in [5, 5.41) is 1.11. The summed E-state index contributed by atoms with van der Waals surface area (Å²) in [6, 6.07) is 7.53. The summed E-state index contributed by atoms with van der Waals surface area (Å²) >= 11 is 1.03. The normalized spacial score (nSPS) is 12.3. The van der Waals surface area contributed by atoms with Gasteiger partial charge in [-0.05, 0) is 38.4 Å². The van der Waals surface area contributed by atoms with Crippen LogP contribution in [0.4, 0.5) is 5.00 Å². The molecule has 3 rings (SSSR count). The fourth-order valence-corrected chi connectivity index (χ4v) is 3.35. The van der Waals surface area contributed by atoms with E-state index in [1.807, 2.05) is 31.2 Å². The Bertz CT molecular complexity index is 922. The van der Waals surface area contributed by atoms with Crippen LogP contribution in [0.15, 0.2) is 24.3 Å². The molecule has 2 aromatic heterocycles. The van der Waals surface area contributed by atoms with Gasteiger partial charge in [-0.1, -0.05) is 18.2 Å². The van der Waals surface area contributed by atoms with Crippen molar-refractivity contribution in [2.24, 2.45) is 0 Å². The fourth-order valence-electron chi connectivity index (χ4n) is 2.71. The lowest BCUT2D eigenvalue weighted by atomic mass is 10.0. The summed E-state index contributed by atoms with van der Waals surface area (Å²) in [4.78, 5) is 28.2. The topological polar surface area (TPSA) is 98.1 Å². The highest BCUT2D eigenvalue weighted by molar-refractivity contribution is 7.10. The Morgan fingerprint density at radius 1 is 1.25 bits per heavy atom. The summed E-state index contributed by atoms with van der Waals surface area (Å²) in [5.41, 5.74) is 8.65. The summed E-state index contributed by atoms with van der Waals surface area (Å²) in [6.45, 7) is 5.07. The largest absolute Gasteiger partial charge is 0.451 e. The summed E-state index contributed by atoms with van der Waals surface area (Å²) in [5.74, 6) is -0.880. The summed E-state index contributed by atoms with van der Waals surface area (Å²) < 4.78 is 9.35. The van der Waals surface area contributed by atoms with Gasteiger partial charge < -0.3 is 15.5 Å². The number of para-hydroxylation sites is 1. The molecule has 0 aliphatic rings. The van der Waals surface area contributed by atoms with Crippen LogP contribution in [-0.2, 0) is 4.74 Å². The second-order valence-electron chi connectivity index (χ2n) is 5.59. The van der Waals surface area contributed by atoms with E-state index in [9.17, 15) is 9.59 Å². The molecule has 0 saturated heterocycles. The minimum Gasteiger partial charge on any atom is -0.451 e. The first-order chi connectivity index (χ1) is 11.4. The molecular weight excluding hydrogens is 326 g/mol. The number of aromatic nitrogens is 2. The van der Waals surface area contributed by atoms with Crippen LogP contribution >= 0.6 is 11.5 Å². The lowest BCUT2D eigenvalue weighted by Gasteiger charge is -2.12. The summed E-state index contributed by atoms with van der Waals surface area (Å²) in [6.07, 6.45) is -0.922. The van der Waals surface area contributed by atoms with Crippen molar-refractivity contribution < 1.29 is 14.3 Å². The number of fused-ring (bicyclic) bond motifs is 1. The third-order valence-corrected chi connectivity index (χ3v) is 4.65. The van der Waals surface area contributed by atoms with Crippen LogP contribution in [0, 0.1) is 13.8 Å². The lowest BCUT2D eigenvalue weighted by molar-refractivity contribution is 0.0319. The zero-order chi connectivity index (χ0) is 17.4. The molecule has 0 saturated carbocycles. The predicted octanol–water partition coefficient (Wildman–Crippen LogP) is 3.25. The molecule has 6 nitrogen and oxygen atoms in total. The molecule has 124 valence electrons. The van der Waals surface area contributed by atoms with Gasteiger partial charge in [-0.3, -0.25) is 4.79 Å². The number of esters is 1. The average molecular weight is 343 g/mol. The van der Waals surface area contributed by atoms with E-state index in [1.54, 1.807) is 13.8 Å². The zero-order valence-electron chi connectivity index (χ0n) is 13.5. The first kappa shape index (κ1) is 16.2. The van der Waals surface area contributed by atoms with E-state index < -0.39 is 12.1 Å². The van der Waals surface area contributed by atoms with Crippen molar-refractivity contribution in [3.63, 3.8) is 0 Å². The summed E-state index contributed by atoms with van der Waals surface area (Å²) in [7, 11) is 0. The molecule has 0 aliphatic carbocycles. The third kappa shape index (κ3) is 2.67. The van der Waals surface area contributed by atoms with Gasteiger partial charge in [0.25, 0.3) is 0 Å². The number of nitrogen functional groups attached to an aromatic ring is 1. The van der Waals surface area contributed by atoms with Crippen LogP contribution in [0.3, 0.4) is 0 Å². The van der Waals surface area contributed by atoms with Gasteiger partial charge in [0.2, 0.25) is 5.78 Å². The molecule has 0 spiro atoms. The number of benzene rings is 1. The quantitative estimate of drug-likeness (QED) is 0.560. The van der Waals surface area contributed by atoms with Crippen molar-refractivity contribution in [1.82, 2.24) is 9.36 Å². The number of rotatable bonds is 4. The molecule has 24 heavy (non-hydrogen) atoms. The number of anilines is 1. The number of nitrogens with one attached hydrogen (secondary N) is 1. The van der Waals surface area contributed by atoms with Crippen LogP contribution in [0.25, 0.3) is 10.9 Å². The molecule has 1 aromatic carbocycles. The molecule has 0 bridgehead atoms. The van der Waals surface area contributed by atoms with Gasteiger partial charge in [0.05, 0.1) is 5.69 Å². The molecule has 7 heteroatoms. The highest BCUT2D eigenvalue weighted by Gasteiger charge is 2.27. The average Bonchev–Trinajstić information content (AvgIpc) is 3.05. The number of aryl methyl sites for hydroxylation is 2. The second kappa shape index (κ2) is 6.09. The van der Waals surface area contributed by atoms with E-state index in [1.165, 1.54) is 0 Å². The number of Topliss-reactive ketones (excluding diaryl/α,β-unsaturated/α-hetero) is 1. The Hall–Kier alpha value is -2.67. The van der Waals surface area contributed by atoms with Gasteiger partial charge in [-0.2, -0.15) is 4.37 Å². The van der Waals surface area contributed by atoms with Gasteiger partial charge in [-0.15, -0.1) is 0 Å². The second-order valence-corrected chi connectivity index (χ2v) is 6.39. The van der Waals surface area contributed by atoms with Crippen LogP contribution in [-0.4, -0.2) is 27.2 Å². The minimum atomic E-state index is -0.922. The van der Waals surface area contributed by atoms with Crippen molar-refractivity contribution in [3.05, 3.63) is 46.8 Å². The zero-order valence-corrected chi connectivity index (χ0v) is 14.4.